The second-order valence-electron chi connectivity index (χ2n) is 7.89. The van der Waals surface area contributed by atoms with Gasteiger partial charge < -0.3 is 4.90 Å². The fourth-order valence-electron chi connectivity index (χ4n) is 3.97. The van der Waals surface area contributed by atoms with Crippen LogP contribution < -0.4 is 9.80 Å². The van der Waals surface area contributed by atoms with Gasteiger partial charge in [-0.05, 0) is 30.3 Å². The molecule has 2 aromatic carbocycles. The average Bonchev–Trinajstić information content (AvgIpc) is 3.46. The number of carbonyl (C=O) groups is 2. The Morgan fingerprint density at radius 3 is 2.68 bits per heavy atom. The number of pyridine rings is 1. The van der Waals surface area contributed by atoms with Gasteiger partial charge in [0.05, 0.1) is 33.3 Å². The zero-order valence-electron chi connectivity index (χ0n) is 17.9. The van der Waals surface area contributed by atoms with Gasteiger partial charge in [0.1, 0.15) is 0 Å². The van der Waals surface area contributed by atoms with Crippen LogP contribution in [-0.2, 0) is 16.1 Å². The molecular weight excluding hydrogens is 454 g/mol. The summed E-state index contributed by atoms with van der Waals surface area (Å²) in [5.74, 6) is -0.883. The summed E-state index contributed by atoms with van der Waals surface area (Å²) in [5.41, 5.74) is 1.96. The molecule has 0 aliphatic carbocycles. The molecule has 2 amide bonds. The van der Waals surface area contributed by atoms with E-state index >= 15 is 0 Å². The number of nitro groups is 1. The Bertz CT molecular complexity index is 1380. The van der Waals surface area contributed by atoms with Crippen molar-refractivity contribution in [2.75, 3.05) is 16.3 Å². The highest BCUT2D eigenvalue weighted by atomic mass is 32.1. The number of anilines is 2. The van der Waals surface area contributed by atoms with E-state index in [4.69, 9.17) is 0 Å². The van der Waals surface area contributed by atoms with Gasteiger partial charge in [-0.15, -0.1) is 0 Å². The first-order valence-corrected chi connectivity index (χ1v) is 11.4. The fourth-order valence-corrected chi connectivity index (χ4v) is 4.98. The van der Waals surface area contributed by atoms with Gasteiger partial charge in [0.2, 0.25) is 11.8 Å². The van der Waals surface area contributed by atoms with Crippen LogP contribution in [0.4, 0.5) is 16.5 Å². The van der Waals surface area contributed by atoms with Crippen LogP contribution >= 0.6 is 11.3 Å². The lowest BCUT2D eigenvalue weighted by Crippen LogP contribution is -2.37. The van der Waals surface area contributed by atoms with Crippen LogP contribution in [0.3, 0.4) is 0 Å². The number of carbonyl (C=O) groups excluding carboxylic acids is 2. The van der Waals surface area contributed by atoms with Crippen molar-refractivity contribution in [2.45, 2.75) is 13.0 Å². The molecule has 34 heavy (non-hydrogen) atoms. The number of nitro benzene ring substituents is 1. The summed E-state index contributed by atoms with van der Waals surface area (Å²) < 4.78 is 0.608. The van der Waals surface area contributed by atoms with Crippen molar-refractivity contribution >= 4 is 49.9 Å². The number of aromatic nitrogens is 2. The molecule has 4 aromatic rings. The molecule has 10 heteroatoms. The molecule has 170 valence electrons. The standard InChI is InChI=1S/C24H19N5O4S/c30-22-12-16(14-27(22)18-7-2-1-3-8-18)23(31)28(15-17-6-4-5-11-25-17)24-26-20-10-9-19(29(32)33)13-21(20)34-24/h1-11,13,16H,12,14-15H2. The Labute approximate surface area is 198 Å². The number of hydrogen-bond acceptors (Lipinski definition) is 7. The van der Waals surface area contributed by atoms with Crippen molar-refractivity contribution in [3.63, 3.8) is 0 Å². The Morgan fingerprint density at radius 1 is 1.15 bits per heavy atom. The number of benzene rings is 2. The van der Waals surface area contributed by atoms with Crippen LogP contribution in [0, 0.1) is 16.0 Å². The van der Waals surface area contributed by atoms with E-state index in [2.05, 4.69) is 9.97 Å². The van der Waals surface area contributed by atoms with E-state index in [1.165, 1.54) is 28.4 Å². The number of hydrogen-bond donors (Lipinski definition) is 0. The molecular formula is C24H19N5O4S. The van der Waals surface area contributed by atoms with Gasteiger partial charge in [-0.3, -0.25) is 29.6 Å². The normalized spacial score (nSPS) is 15.6. The maximum absolute atomic E-state index is 13.7. The molecule has 1 saturated heterocycles. The first kappa shape index (κ1) is 21.7. The molecule has 2 aromatic heterocycles. The number of amides is 2. The van der Waals surface area contributed by atoms with Crippen molar-refractivity contribution in [1.29, 1.82) is 0 Å². The molecule has 1 aliphatic rings. The van der Waals surface area contributed by atoms with Crippen LogP contribution in [0.5, 0.6) is 0 Å². The van der Waals surface area contributed by atoms with Crippen molar-refractivity contribution in [3.8, 4) is 0 Å². The highest BCUT2D eigenvalue weighted by Gasteiger charge is 2.38. The van der Waals surface area contributed by atoms with Gasteiger partial charge in [-0.2, -0.15) is 0 Å². The minimum absolute atomic E-state index is 0.0369. The van der Waals surface area contributed by atoms with E-state index in [-0.39, 0.29) is 37.0 Å². The lowest BCUT2D eigenvalue weighted by atomic mass is 10.1. The molecule has 0 radical (unpaired) electrons. The summed E-state index contributed by atoms with van der Waals surface area (Å²) in [4.78, 5) is 49.2. The molecule has 1 atom stereocenters. The van der Waals surface area contributed by atoms with Crippen LogP contribution in [-0.4, -0.2) is 33.3 Å². The van der Waals surface area contributed by atoms with E-state index in [1.807, 2.05) is 42.5 Å². The third-order valence-corrected chi connectivity index (χ3v) is 6.70. The third-order valence-electron chi connectivity index (χ3n) is 5.66. The number of fused-ring (bicyclic) bond motifs is 1. The maximum atomic E-state index is 13.7. The Morgan fingerprint density at radius 2 is 1.94 bits per heavy atom. The highest BCUT2D eigenvalue weighted by molar-refractivity contribution is 7.22. The summed E-state index contributed by atoms with van der Waals surface area (Å²) in [7, 11) is 0. The van der Waals surface area contributed by atoms with E-state index in [1.54, 1.807) is 23.2 Å². The highest BCUT2D eigenvalue weighted by Crippen LogP contribution is 2.34. The molecule has 0 bridgehead atoms. The molecule has 0 N–H and O–H groups in total. The molecule has 1 fully saturated rings. The van der Waals surface area contributed by atoms with Crippen LogP contribution in [0.25, 0.3) is 10.2 Å². The van der Waals surface area contributed by atoms with Gasteiger partial charge in [0.15, 0.2) is 5.13 Å². The zero-order chi connectivity index (χ0) is 23.7. The number of rotatable bonds is 6. The molecule has 5 rings (SSSR count). The number of para-hydroxylation sites is 1. The van der Waals surface area contributed by atoms with Gasteiger partial charge >= 0.3 is 0 Å². The van der Waals surface area contributed by atoms with E-state index < -0.39 is 10.8 Å². The second-order valence-corrected chi connectivity index (χ2v) is 8.90. The number of non-ortho nitro benzene ring substituents is 1. The lowest BCUT2D eigenvalue weighted by Gasteiger charge is -2.23. The monoisotopic (exact) mass is 473 g/mol. The van der Waals surface area contributed by atoms with E-state index in [0.717, 1.165) is 5.69 Å². The summed E-state index contributed by atoms with van der Waals surface area (Å²) >= 11 is 1.20. The minimum Gasteiger partial charge on any atom is -0.312 e. The quantitative estimate of drug-likeness (QED) is 0.307. The Kier molecular flexibility index (Phi) is 5.72. The fraction of sp³-hybridized carbons (Fsp3) is 0.167. The van der Waals surface area contributed by atoms with Crippen LogP contribution in [0.2, 0.25) is 0 Å². The van der Waals surface area contributed by atoms with Crippen molar-refractivity contribution in [1.82, 2.24) is 9.97 Å². The summed E-state index contributed by atoms with van der Waals surface area (Å²) in [6, 6.07) is 19.1. The van der Waals surface area contributed by atoms with Crippen molar-refractivity contribution < 1.29 is 14.5 Å². The van der Waals surface area contributed by atoms with Crippen molar-refractivity contribution in [3.05, 3.63) is 88.7 Å². The molecule has 9 nitrogen and oxygen atoms in total. The minimum atomic E-state index is -0.544. The van der Waals surface area contributed by atoms with Crippen molar-refractivity contribution in [2.24, 2.45) is 5.92 Å². The maximum Gasteiger partial charge on any atom is 0.270 e. The van der Waals surface area contributed by atoms with Gasteiger partial charge in [-0.25, -0.2) is 4.98 Å². The van der Waals surface area contributed by atoms with Gasteiger partial charge in [0, 0.05) is 37.0 Å². The Hall–Kier alpha value is -4.18. The molecule has 3 heterocycles. The van der Waals surface area contributed by atoms with E-state index in [0.29, 0.717) is 21.0 Å². The van der Waals surface area contributed by atoms with Gasteiger partial charge in [0.25, 0.3) is 5.69 Å². The largest absolute Gasteiger partial charge is 0.312 e. The number of thiazole rings is 1. The summed E-state index contributed by atoms with van der Waals surface area (Å²) in [6.07, 6.45) is 1.75. The Balaban J connectivity index is 1.48. The molecule has 1 unspecified atom stereocenters. The molecule has 0 saturated carbocycles. The summed E-state index contributed by atoms with van der Waals surface area (Å²) in [6.45, 7) is 0.453. The van der Waals surface area contributed by atoms with Crippen LogP contribution in [0.1, 0.15) is 12.1 Å². The lowest BCUT2D eigenvalue weighted by molar-refractivity contribution is -0.384. The van der Waals surface area contributed by atoms with E-state index in [9.17, 15) is 19.7 Å². The summed E-state index contributed by atoms with van der Waals surface area (Å²) in [5, 5.41) is 11.6. The third kappa shape index (κ3) is 4.23. The predicted molar refractivity (Wildman–Crippen MR) is 129 cm³/mol. The zero-order valence-corrected chi connectivity index (χ0v) is 18.7. The smallest absolute Gasteiger partial charge is 0.270 e. The van der Waals surface area contributed by atoms with Crippen LogP contribution in [0.15, 0.2) is 72.9 Å². The SMILES string of the molecule is O=C1CC(C(=O)N(Cc2ccccn2)c2nc3ccc([N+](=O)[O-])cc3s2)CN1c1ccccc1. The first-order valence-electron chi connectivity index (χ1n) is 10.6. The predicted octanol–water partition coefficient (Wildman–Crippen LogP) is 4.19. The van der Waals surface area contributed by atoms with Gasteiger partial charge in [-0.1, -0.05) is 35.6 Å². The molecule has 0 spiro atoms. The second kappa shape index (κ2) is 8.99. The molecule has 1 aliphatic heterocycles. The first-order chi connectivity index (χ1) is 16.5. The topological polar surface area (TPSA) is 110 Å². The number of nitrogens with zero attached hydrogens (tertiary/aromatic N) is 5. The average molecular weight is 474 g/mol.